The van der Waals surface area contributed by atoms with Gasteiger partial charge in [0.05, 0.1) is 0 Å². The van der Waals surface area contributed by atoms with Crippen molar-refractivity contribution in [3.8, 4) is 11.5 Å². The number of anilines is 1. The first kappa shape index (κ1) is 15.0. The van der Waals surface area contributed by atoms with Crippen LogP contribution in [0.2, 0.25) is 0 Å². The van der Waals surface area contributed by atoms with Gasteiger partial charge in [-0.05, 0) is 37.8 Å². The molecular formula is C17H24N2O3. The molecule has 0 atom stereocenters. The van der Waals surface area contributed by atoms with Gasteiger partial charge in [-0.25, -0.2) is 0 Å². The summed E-state index contributed by atoms with van der Waals surface area (Å²) in [5.41, 5.74) is 1.06. The summed E-state index contributed by atoms with van der Waals surface area (Å²) < 4.78 is 11.5. The van der Waals surface area contributed by atoms with Gasteiger partial charge in [0.1, 0.15) is 0 Å². The zero-order chi connectivity index (χ0) is 15.7. The molecule has 22 heavy (non-hydrogen) atoms. The van der Waals surface area contributed by atoms with Crippen LogP contribution in [0.5, 0.6) is 11.5 Å². The second-order valence-corrected chi connectivity index (χ2v) is 6.66. The van der Waals surface area contributed by atoms with E-state index in [1.54, 1.807) is 6.92 Å². The molecule has 5 nitrogen and oxygen atoms in total. The summed E-state index contributed by atoms with van der Waals surface area (Å²) in [5.74, 6) is 1.07. The Balaban J connectivity index is 1.56. The number of fused-ring (bicyclic) bond motifs is 1. The molecule has 0 aromatic heterocycles. The van der Waals surface area contributed by atoms with Gasteiger partial charge >= 0.3 is 0 Å². The van der Waals surface area contributed by atoms with Crippen molar-refractivity contribution in [2.45, 2.75) is 64.3 Å². The molecule has 0 bridgehead atoms. The first-order valence-electron chi connectivity index (χ1n) is 7.97. The predicted octanol–water partition coefficient (Wildman–Crippen LogP) is 3.05. The average Bonchev–Trinajstić information content (AvgIpc) is 2.73. The summed E-state index contributed by atoms with van der Waals surface area (Å²) in [4.78, 5) is 11.1. The number of amides is 1. The van der Waals surface area contributed by atoms with Crippen LogP contribution in [0.4, 0.5) is 5.69 Å². The Labute approximate surface area is 131 Å². The molecule has 0 saturated heterocycles. The molecule has 1 aromatic carbocycles. The number of carbonyl (C=O) groups is 1. The van der Waals surface area contributed by atoms with Crippen LogP contribution < -0.4 is 20.1 Å². The third kappa shape index (κ3) is 3.46. The number of rotatable bonds is 3. The van der Waals surface area contributed by atoms with Crippen LogP contribution in [0.3, 0.4) is 0 Å². The van der Waals surface area contributed by atoms with Gasteiger partial charge in [0.2, 0.25) is 11.7 Å². The van der Waals surface area contributed by atoms with E-state index in [0.29, 0.717) is 12.1 Å². The van der Waals surface area contributed by atoms with Crippen LogP contribution in [-0.4, -0.2) is 23.8 Å². The maximum absolute atomic E-state index is 11.1. The zero-order valence-electron chi connectivity index (χ0n) is 13.4. The zero-order valence-corrected chi connectivity index (χ0v) is 13.4. The number of hydrogen-bond donors (Lipinski definition) is 2. The Kier molecular flexibility index (Phi) is 3.89. The number of benzene rings is 1. The predicted molar refractivity (Wildman–Crippen MR) is 85.3 cm³/mol. The Hall–Kier alpha value is -1.91. The van der Waals surface area contributed by atoms with Crippen LogP contribution in [0.15, 0.2) is 18.2 Å². The van der Waals surface area contributed by atoms with E-state index in [2.05, 4.69) is 10.6 Å². The molecule has 1 aromatic rings. The van der Waals surface area contributed by atoms with E-state index in [4.69, 9.17) is 9.47 Å². The molecule has 2 aliphatic rings. The second-order valence-electron chi connectivity index (χ2n) is 6.66. The lowest BCUT2D eigenvalue weighted by Crippen LogP contribution is -2.39. The molecule has 1 aliphatic carbocycles. The van der Waals surface area contributed by atoms with Gasteiger partial charge in [-0.3, -0.25) is 4.79 Å². The lowest BCUT2D eigenvalue weighted by molar-refractivity contribution is -0.119. The molecule has 0 unspecified atom stereocenters. The van der Waals surface area contributed by atoms with E-state index in [9.17, 15) is 4.79 Å². The van der Waals surface area contributed by atoms with Crippen molar-refractivity contribution >= 4 is 11.6 Å². The van der Waals surface area contributed by atoms with Crippen molar-refractivity contribution in [3.63, 3.8) is 0 Å². The van der Waals surface area contributed by atoms with E-state index in [0.717, 1.165) is 42.9 Å². The maximum atomic E-state index is 11.1. The number of nitrogens with one attached hydrogen (secondary N) is 2. The monoisotopic (exact) mass is 304 g/mol. The van der Waals surface area contributed by atoms with Crippen LogP contribution >= 0.6 is 0 Å². The second kappa shape index (κ2) is 5.71. The van der Waals surface area contributed by atoms with Crippen molar-refractivity contribution in [1.82, 2.24) is 5.32 Å². The lowest BCUT2D eigenvalue weighted by atomic mass is 9.91. The number of hydrogen-bond acceptors (Lipinski definition) is 4. The van der Waals surface area contributed by atoms with E-state index < -0.39 is 5.79 Å². The Morgan fingerprint density at radius 1 is 1.09 bits per heavy atom. The van der Waals surface area contributed by atoms with Crippen molar-refractivity contribution < 1.29 is 14.3 Å². The molecule has 0 spiro atoms. The Bertz CT molecular complexity index is 563. The van der Waals surface area contributed by atoms with Crippen LogP contribution in [0.25, 0.3) is 0 Å². The van der Waals surface area contributed by atoms with Crippen LogP contribution in [0.1, 0.15) is 46.5 Å². The Morgan fingerprint density at radius 3 is 2.41 bits per heavy atom. The minimum absolute atomic E-state index is 0.0646. The third-order valence-corrected chi connectivity index (χ3v) is 4.16. The normalized spacial score (nSPS) is 25.6. The SMILES string of the molecule is CC(=O)NC1CCC(Nc2ccc3c(c2)OC(C)(C)O3)CC1. The van der Waals surface area contributed by atoms with Gasteiger partial charge in [0.15, 0.2) is 11.5 Å². The van der Waals surface area contributed by atoms with Gasteiger partial charge in [-0.2, -0.15) is 0 Å². The summed E-state index contributed by atoms with van der Waals surface area (Å²) >= 11 is 0. The van der Waals surface area contributed by atoms with E-state index in [-0.39, 0.29) is 5.91 Å². The quantitative estimate of drug-likeness (QED) is 0.901. The molecule has 2 N–H and O–H groups in total. The standard InChI is InChI=1S/C17H24N2O3/c1-11(20)18-12-4-6-13(7-5-12)19-14-8-9-15-16(10-14)22-17(2,3)21-15/h8-10,12-13,19H,4-7H2,1-3H3,(H,18,20). The highest BCUT2D eigenvalue weighted by Crippen LogP contribution is 2.41. The molecule has 1 aliphatic heterocycles. The summed E-state index contributed by atoms with van der Waals surface area (Å²) in [6.45, 7) is 5.39. The molecule has 120 valence electrons. The van der Waals surface area contributed by atoms with Gasteiger partial charge < -0.3 is 20.1 Å². The van der Waals surface area contributed by atoms with Crippen molar-refractivity contribution in [2.24, 2.45) is 0 Å². The van der Waals surface area contributed by atoms with Crippen LogP contribution in [0, 0.1) is 0 Å². The van der Waals surface area contributed by atoms with Gasteiger partial charge in [-0.15, -0.1) is 0 Å². The third-order valence-electron chi connectivity index (χ3n) is 4.16. The lowest BCUT2D eigenvalue weighted by Gasteiger charge is -2.30. The molecule has 3 rings (SSSR count). The highest BCUT2D eigenvalue weighted by Gasteiger charge is 2.31. The van der Waals surface area contributed by atoms with E-state index >= 15 is 0 Å². The minimum atomic E-state index is -0.586. The first-order valence-corrected chi connectivity index (χ1v) is 7.97. The molecule has 1 heterocycles. The van der Waals surface area contributed by atoms with E-state index in [1.165, 1.54) is 0 Å². The van der Waals surface area contributed by atoms with Crippen molar-refractivity contribution in [3.05, 3.63) is 18.2 Å². The van der Waals surface area contributed by atoms with Crippen molar-refractivity contribution in [2.75, 3.05) is 5.32 Å². The Morgan fingerprint density at radius 2 is 1.73 bits per heavy atom. The molecule has 5 heteroatoms. The van der Waals surface area contributed by atoms with Gasteiger partial charge in [0.25, 0.3) is 0 Å². The topological polar surface area (TPSA) is 59.6 Å². The smallest absolute Gasteiger partial charge is 0.246 e. The molecule has 1 fully saturated rings. The van der Waals surface area contributed by atoms with Crippen LogP contribution in [-0.2, 0) is 4.79 Å². The molecule has 0 radical (unpaired) electrons. The van der Waals surface area contributed by atoms with Gasteiger partial charge in [0, 0.05) is 44.6 Å². The summed E-state index contributed by atoms with van der Waals surface area (Å²) in [7, 11) is 0. The van der Waals surface area contributed by atoms with Gasteiger partial charge in [-0.1, -0.05) is 0 Å². The molecule has 1 amide bonds. The largest absolute Gasteiger partial charge is 0.449 e. The number of carbonyl (C=O) groups excluding carboxylic acids is 1. The fraction of sp³-hybridized carbons (Fsp3) is 0.588. The molecular weight excluding hydrogens is 280 g/mol. The average molecular weight is 304 g/mol. The fourth-order valence-electron chi connectivity index (χ4n) is 3.22. The summed E-state index contributed by atoms with van der Waals surface area (Å²) in [5, 5.41) is 6.57. The maximum Gasteiger partial charge on any atom is 0.246 e. The summed E-state index contributed by atoms with van der Waals surface area (Å²) in [6, 6.07) is 6.76. The summed E-state index contributed by atoms with van der Waals surface area (Å²) in [6.07, 6.45) is 4.17. The van der Waals surface area contributed by atoms with Crippen molar-refractivity contribution in [1.29, 1.82) is 0 Å². The number of ether oxygens (including phenoxy) is 2. The fourth-order valence-corrected chi connectivity index (χ4v) is 3.22. The van der Waals surface area contributed by atoms with E-state index in [1.807, 2.05) is 32.0 Å². The first-order chi connectivity index (χ1) is 10.4. The highest BCUT2D eigenvalue weighted by molar-refractivity contribution is 5.73. The minimum Gasteiger partial charge on any atom is -0.449 e. The highest BCUT2D eigenvalue weighted by atomic mass is 16.7. The molecule has 1 saturated carbocycles.